The fraction of sp³-hybridized carbons (Fsp3) is 0.280. The Labute approximate surface area is 192 Å². The lowest BCUT2D eigenvalue weighted by Gasteiger charge is -2.13. The van der Waals surface area contributed by atoms with Gasteiger partial charge in [-0.25, -0.2) is 9.97 Å². The number of hydrogen-bond donors (Lipinski definition) is 1. The molecule has 0 aliphatic carbocycles. The molecule has 0 spiro atoms. The van der Waals surface area contributed by atoms with Gasteiger partial charge in [0.1, 0.15) is 11.6 Å². The molecular formula is C25H27N3O3S. The summed E-state index contributed by atoms with van der Waals surface area (Å²) in [7, 11) is 3.25. The molecule has 0 saturated carbocycles. The lowest BCUT2D eigenvalue weighted by Crippen LogP contribution is -2.04. The first-order chi connectivity index (χ1) is 15.6. The molecule has 0 aliphatic rings. The van der Waals surface area contributed by atoms with Gasteiger partial charge in [-0.05, 0) is 43.2 Å². The molecular weight excluding hydrogens is 422 g/mol. The van der Waals surface area contributed by atoms with Crippen LogP contribution in [0.2, 0.25) is 0 Å². The Morgan fingerprint density at radius 1 is 0.969 bits per heavy atom. The number of benzene rings is 2. The van der Waals surface area contributed by atoms with E-state index in [1.165, 1.54) is 20.9 Å². The van der Waals surface area contributed by atoms with Gasteiger partial charge in [-0.3, -0.25) is 0 Å². The molecule has 166 valence electrons. The summed E-state index contributed by atoms with van der Waals surface area (Å²) in [5.41, 5.74) is 3.24. The maximum atomic E-state index is 5.64. The summed E-state index contributed by atoms with van der Waals surface area (Å²) in [5.74, 6) is 2.78. The number of hydrogen-bond acceptors (Lipinski definition) is 7. The number of nitrogens with one attached hydrogen (secondary N) is 1. The maximum Gasteiger partial charge on any atom is 0.162 e. The number of methoxy groups -OCH3 is 2. The number of aryl methyl sites for hydroxylation is 1. The smallest absolute Gasteiger partial charge is 0.162 e. The largest absolute Gasteiger partial charge is 0.493 e. The van der Waals surface area contributed by atoms with Gasteiger partial charge in [-0.2, -0.15) is 0 Å². The lowest BCUT2D eigenvalue weighted by molar-refractivity contribution is 0.134. The van der Waals surface area contributed by atoms with Crippen molar-refractivity contribution in [3.05, 3.63) is 64.8 Å². The van der Waals surface area contributed by atoms with Crippen molar-refractivity contribution in [2.24, 2.45) is 0 Å². The normalized spacial score (nSPS) is 11.0. The predicted octanol–water partition coefficient (Wildman–Crippen LogP) is 5.83. The van der Waals surface area contributed by atoms with Crippen LogP contribution in [0.15, 0.2) is 48.5 Å². The van der Waals surface area contributed by atoms with E-state index >= 15 is 0 Å². The Bertz CT molecular complexity index is 1220. The highest BCUT2D eigenvalue weighted by atomic mass is 32.1. The van der Waals surface area contributed by atoms with Gasteiger partial charge in [0.25, 0.3) is 0 Å². The minimum atomic E-state index is 0.621. The van der Waals surface area contributed by atoms with E-state index in [1.807, 2.05) is 26.0 Å². The van der Waals surface area contributed by atoms with Crippen LogP contribution in [0.3, 0.4) is 0 Å². The van der Waals surface area contributed by atoms with E-state index < -0.39 is 0 Å². The third-order valence-corrected chi connectivity index (χ3v) is 6.27. The van der Waals surface area contributed by atoms with E-state index in [2.05, 4.69) is 51.7 Å². The zero-order valence-electron chi connectivity index (χ0n) is 18.8. The molecule has 2 aromatic heterocycles. The standard InChI is InChI=1S/C25H27N3O3S/c1-5-31-15-17-8-6-7-9-19(17)24-11-10-18(32-24)14-26-25-20-12-22(29-3)23(30-4)13-21(20)27-16(2)28-25/h6-13H,5,14-15H2,1-4H3,(H,26,27,28). The number of aromatic nitrogens is 2. The van der Waals surface area contributed by atoms with Gasteiger partial charge in [-0.15, -0.1) is 11.3 Å². The molecule has 32 heavy (non-hydrogen) atoms. The molecule has 0 radical (unpaired) electrons. The molecule has 1 N–H and O–H groups in total. The summed E-state index contributed by atoms with van der Waals surface area (Å²) in [6.07, 6.45) is 0. The monoisotopic (exact) mass is 449 g/mol. The van der Waals surface area contributed by atoms with Crippen molar-refractivity contribution in [3.8, 4) is 21.9 Å². The summed E-state index contributed by atoms with van der Waals surface area (Å²) in [5, 5.41) is 4.38. The summed E-state index contributed by atoms with van der Waals surface area (Å²) in [6.45, 7) is 5.90. The zero-order chi connectivity index (χ0) is 22.5. The van der Waals surface area contributed by atoms with Crippen molar-refractivity contribution in [2.45, 2.75) is 27.0 Å². The minimum Gasteiger partial charge on any atom is -0.493 e. The first kappa shape index (κ1) is 22.0. The molecule has 0 amide bonds. The third kappa shape index (κ3) is 4.69. The van der Waals surface area contributed by atoms with Gasteiger partial charge in [0.05, 0.1) is 32.9 Å². The maximum absolute atomic E-state index is 5.64. The second kappa shape index (κ2) is 9.97. The Morgan fingerprint density at radius 3 is 2.53 bits per heavy atom. The van der Waals surface area contributed by atoms with Gasteiger partial charge < -0.3 is 19.5 Å². The second-order valence-corrected chi connectivity index (χ2v) is 8.43. The number of anilines is 1. The van der Waals surface area contributed by atoms with Crippen LogP contribution < -0.4 is 14.8 Å². The number of nitrogens with zero attached hydrogens (tertiary/aromatic N) is 2. The molecule has 6 nitrogen and oxygen atoms in total. The highest BCUT2D eigenvalue weighted by Crippen LogP contribution is 2.35. The van der Waals surface area contributed by atoms with Crippen LogP contribution >= 0.6 is 11.3 Å². The Balaban J connectivity index is 1.58. The lowest BCUT2D eigenvalue weighted by atomic mass is 10.1. The van der Waals surface area contributed by atoms with Gasteiger partial charge in [0.15, 0.2) is 11.5 Å². The predicted molar refractivity (Wildman–Crippen MR) is 130 cm³/mol. The van der Waals surface area contributed by atoms with E-state index in [9.17, 15) is 0 Å². The molecule has 4 rings (SSSR count). The molecule has 2 heterocycles. The van der Waals surface area contributed by atoms with Crippen molar-refractivity contribution in [1.29, 1.82) is 0 Å². The zero-order valence-corrected chi connectivity index (χ0v) is 19.6. The Morgan fingerprint density at radius 2 is 1.75 bits per heavy atom. The molecule has 0 aliphatic heterocycles. The van der Waals surface area contributed by atoms with E-state index in [4.69, 9.17) is 14.2 Å². The van der Waals surface area contributed by atoms with E-state index in [0.717, 1.165) is 16.7 Å². The van der Waals surface area contributed by atoms with Crippen molar-refractivity contribution >= 4 is 28.1 Å². The average Bonchev–Trinajstić information content (AvgIpc) is 3.29. The van der Waals surface area contributed by atoms with Crippen LogP contribution in [0.5, 0.6) is 11.5 Å². The van der Waals surface area contributed by atoms with Crippen LogP contribution in [-0.4, -0.2) is 30.8 Å². The number of rotatable bonds is 9. The Kier molecular flexibility index (Phi) is 6.87. The van der Waals surface area contributed by atoms with Gasteiger partial charge in [0, 0.05) is 27.8 Å². The van der Waals surface area contributed by atoms with Crippen LogP contribution in [0.4, 0.5) is 5.82 Å². The fourth-order valence-electron chi connectivity index (χ4n) is 3.59. The van der Waals surface area contributed by atoms with Crippen LogP contribution in [0.25, 0.3) is 21.3 Å². The van der Waals surface area contributed by atoms with Crippen molar-refractivity contribution in [1.82, 2.24) is 9.97 Å². The number of thiophene rings is 1. The molecule has 2 aromatic carbocycles. The van der Waals surface area contributed by atoms with Gasteiger partial charge in [-0.1, -0.05) is 24.3 Å². The molecule has 0 unspecified atom stereocenters. The Hall–Kier alpha value is -3.16. The SMILES string of the molecule is CCOCc1ccccc1-c1ccc(CNc2nc(C)nc3cc(OC)c(OC)cc23)s1. The summed E-state index contributed by atoms with van der Waals surface area (Å²) >= 11 is 1.77. The second-order valence-electron chi connectivity index (χ2n) is 7.26. The third-order valence-electron chi connectivity index (χ3n) is 5.15. The highest BCUT2D eigenvalue weighted by Gasteiger charge is 2.13. The quantitative estimate of drug-likeness (QED) is 0.347. The first-order valence-corrected chi connectivity index (χ1v) is 11.3. The number of fused-ring (bicyclic) bond motifs is 1. The summed E-state index contributed by atoms with van der Waals surface area (Å²) in [6, 6.07) is 16.5. The van der Waals surface area contributed by atoms with Crippen LogP contribution in [0.1, 0.15) is 23.2 Å². The van der Waals surface area contributed by atoms with Gasteiger partial charge in [0.2, 0.25) is 0 Å². The highest BCUT2D eigenvalue weighted by molar-refractivity contribution is 7.15. The molecule has 0 fully saturated rings. The van der Waals surface area contributed by atoms with Crippen LogP contribution in [-0.2, 0) is 17.9 Å². The van der Waals surface area contributed by atoms with E-state index in [1.54, 1.807) is 25.6 Å². The van der Waals surface area contributed by atoms with E-state index in [-0.39, 0.29) is 0 Å². The molecule has 7 heteroatoms. The van der Waals surface area contributed by atoms with Crippen molar-refractivity contribution in [2.75, 3.05) is 26.1 Å². The molecule has 0 saturated heterocycles. The van der Waals surface area contributed by atoms with Crippen LogP contribution in [0, 0.1) is 6.92 Å². The summed E-state index contributed by atoms with van der Waals surface area (Å²) < 4.78 is 16.5. The molecule has 0 atom stereocenters. The number of ether oxygens (including phenoxy) is 3. The fourth-order valence-corrected chi connectivity index (χ4v) is 4.60. The minimum absolute atomic E-state index is 0.621. The first-order valence-electron chi connectivity index (χ1n) is 10.5. The van der Waals surface area contributed by atoms with Gasteiger partial charge >= 0.3 is 0 Å². The van der Waals surface area contributed by atoms with E-state index in [0.29, 0.717) is 37.1 Å². The molecule has 0 bridgehead atoms. The summed E-state index contributed by atoms with van der Waals surface area (Å²) in [4.78, 5) is 11.6. The average molecular weight is 450 g/mol. The van der Waals surface area contributed by atoms with Crippen molar-refractivity contribution < 1.29 is 14.2 Å². The van der Waals surface area contributed by atoms with Crippen molar-refractivity contribution in [3.63, 3.8) is 0 Å². The topological polar surface area (TPSA) is 65.5 Å². The molecule has 4 aromatic rings.